The molecule has 1 amide bonds. The van der Waals surface area contributed by atoms with Crippen LogP contribution < -0.4 is 5.32 Å². The first-order valence-electron chi connectivity index (χ1n) is 9.26. The third-order valence-electron chi connectivity index (χ3n) is 5.43. The van der Waals surface area contributed by atoms with Crippen LogP contribution in [-0.2, 0) is 19.4 Å². The van der Waals surface area contributed by atoms with Gasteiger partial charge in [-0.15, -0.1) is 0 Å². The smallest absolute Gasteiger partial charge is 0.224 e. The number of rotatable bonds is 7. The summed E-state index contributed by atoms with van der Waals surface area (Å²) in [6.45, 7) is 8.26. The van der Waals surface area contributed by atoms with Crippen molar-refractivity contribution in [2.75, 3.05) is 44.4 Å². The lowest BCUT2D eigenvalue weighted by Gasteiger charge is -2.39. The lowest BCUT2D eigenvalue weighted by Crippen LogP contribution is -2.53. The first kappa shape index (κ1) is 19.7. The van der Waals surface area contributed by atoms with Crippen LogP contribution in [0, 0.1) is 11.8 Å². The van der Waals surface area contributed by atoms with E-state index in [1.54, 1.807) is 0 Å². The average molecular weight is 361 g/mol. The van der Waals surface area contributed by atoms with Crippen LogP contribution in [0.4, 0.5) is 0 Å². The predicted molar refractivity (Wildman–Crippen MR) is 94.6 cm³/mol. The first-order valence-corrected chi connectivity index (χ1v) is 11.1. The summed E-state index contributed by atoms with van der Waals surface area (Å²) >= 11 is 0. The number of carbonyl (C=O) groups is 1. The quantitative estimate of drug-likeness (QED) is 0.735. The molecule has 2 fully saturated rings. The average Bonchev–Trinajstić information content (AvgIpc) is 2.58. The number of morpholine rings is 1. The van der Waals surface area contributed by atoms with E-state index in [-0.39, 0.29) is 23.3 Å². The highest BCUT2D eigenvalue weighted by Crippen LogP contribution is 2.21. The van der Waals surface area contributed by atoms with Crippen molar-refractivity contribution in [1.82, 2.24) is 10.2 Å². The van der Waals surface area contributed by atoms with Crippen LogP contribution in [0.2, 0.25) is 0 Å². The Balaban J connectivity index is 1.94. The molecule has 24 heavy (non-hydrogen) atoms. The first-order chi connectivity index (χ1) is 11.5. The van der Waals surface area contributed by atoms with Crippen molar-refractivity contribution in [3.63, 3.8) is 0 Å². The Morgan fingerprint density at radius 1 is 1.25 bits per heavy atom. The van der Waals surface area contributed by atoms with Crippen LogP contribution in [0.15, 0.2) is 0 Å². The molecule has 0 aromatic heterocycles. The van der Waals surface area contributed by atoms with E-state index in [2.05, 4.69) is 24.1 Å². The standard InChI is InChI=1S/C17H32N2O4S/c1-3-14(4-2)16(19-7-9-23-10-8-19)12-18-17(20)15-6-5-11-24(21,22)13-15/h14-16H,3-13H2,1-2H3,(H,18,20)/t15-,16-/m0/s1. The minimum absolute atomic E-state index is 0.00599. The molecule has 6 nitrogen and oxygen atoms in total. The molecule has 0 aliphatic carbocycles. The fourth-order valence-electron chi connectivity index (χ4n) is 3.91. The topological polar surface area (TPSA) is 75.7 Å². The third-order valence-corrected chi connectivity index (χ3v) is 7.25. The highest BCUT2D eigenvalue weighted by Gasteiger charge is 2.32. The van der Waals surface area contributed by atoms with Crippen molar-refractivity contribution in [3.8, 4) is 0 Å². The van der Waals surface area contributed by atoms with Crippen LogP contribution in [0.25, 0.3) is 0 Å². The summed E-state index contributed by atoms with van der Waals surface area (Å²) in [5.41, 5.74) is 0. The van der Waals surface area contributed by atoms with E-state index in [0.29, 0.717) is 31.3 Å². The molecule has 0 spiro atoms. The Morgan fingerprint density at radius 3 is 2.50 bits per heavy atom. The number of carbonyl (C=O) groups excluding carboxylic acids is 1. The Labute approximate surface area is 146 Å². The van der Waals surface area contributed by atoms with Crippen molar-refractivity contribution in [1.29, 1.82) is 0 Å². The van der Waals surface area contributed by atoms with Crippen molar-refractivity contribution >= 4 is 15.7 Å². The minimum Gasteiger partial charge on any atom is -0.379 e. The van der Waals surface area contributed by atoms with Gasteiger partial charge in [0, 0.05) is 25.7 Å². The van der Waals surface area contributed by atoms with Gasteiger partial charge in [0.2, 0.25) is 5.91 Å². The zero-order chi connectivity index (χ0) is 17.6. The van der Waals surface area contributed by atoms with Crippen molar-refractivity contribution in [3.05, 3.63) is 0 Å². The Morgan fingerprint density at radius 2 is 1.92 bits per heavy atom. The lowest BCUT2D eigenvalue weighted by atomic mass is 9.92. The van der Waals surface area contributed by atoms with E-state index in [4.69, 9.17) is 4.74 Å². The molecule has 0 bridgehead atoms. The van der Waals surface area contributed by atoms with Crippen molar-refractivity contribution in [2.45, 2.75) is 45.6 Å². The van der Waals surface area contributed by atoms with Gasteiger partial charge in [-0.3, -0.25) is 9.69 Å². The van der Waals surface area contributed by atoms with E-state index in [1.165, 1.54) is 0 Å². The number of hydrogen-bond donors (Lipinski definition) is 1. The fourth-order valence-corrected chi connectivity index (χ4v) is 5.62. The van der Waals surface area contributed by atoms with Gasteiger partial charge < -0.3 is 10.1 Å². The molecule has 140 valence electrons. The van der Waals surface area contributed by atoms with Gasteiger partial charge in [0.15, 0.2) is 9.84 Å². The Kier molecular flexibility index (Phi) is 7.50. The summed E-state index contributed by atoms with van der Waals surface area (Å²) in [7, 11) is -3.05. The molecule has 2 saturated heterocycles. The SMILES string of the molecule is CCC(CC)[C@H](CNC(=O)[C@H]1CCCS(=O)(=O)C1)N1CCOCC1. The molecule has 2 rings (SSSR count). The number of sulfone groups is 1. The summed E-state index contributed by atoms with van der Waals surface area (Å²) < 4.78 is 28.9. The fraction of sp³-hybridized carbons (Fsp3) is 0.941. The number of ether oxygens (including phenoxy) is 1. The molecule has 2 aliphatic heterocycles. The van der Waals surface area contributed by atoms with Gasteiger partial charge in [-0.2, -0.15) is 0 Å². The van der Waals surface area contributed by atoms with Crippen LogP contribution in [0.3, 0.4) is 0 Å². The Bertz CT molecular complexity index is 499. The van der Waals surface area contributed by atoms with Gasteiger partial charge in [-0.25, -0.2) is 8.42 Å². The minimum atomic E-state index is -3.05. The second-order valence-corrected chi connectivity index (χ2v) is 9.22. The molecule has 2 atom stereocenters. The molecule has 0 unspecified atom stereocenters. The van der Waals surface area contributed by atoms with Crippen LogP contribution >= 0.6 is 0 Å². The number of amides is 1. The molecule has 0 aromatic rings. The number of hydrogen-bond acceptors (Lipinski definition) is 5. The summed E-state index contributed by atoms with van der Waals surface area (Å²) in [4.78, 5) is 14.9. The van der Waals surface area contributed by atoms with E-state index < -0.39 is 9.84 Å². The second kappa shape index (κ2) is 9.15. The molecule has 0 saturated carbocycles. The summed E-state index contributed by atoms with van der Waals surface area (Å²) in [6, 6.07) is 0.299. The van der Waals surface area contributed by atoms with Crippen LogP contribution in [0.1, 0.15) is 39.5 Å². The van der Waals surface area contributed by atoms with Gasteiger partial charge in [0.1, 0.15) is 0 Å². The molecular weight excluding hydrogens is 328 g/mol. The lowest BCUT2D eigenvalue weighted by molar-refractivity contribution is -0.125. The number of nitrogens with zero attached hydrogens (tertiary/aromatic N) is 1. The highest BCUT2D eigenvalue weighted by atomic mass is 32.2. The molecule has 2 heterocycles. The maximum atomic E-state index is 12.5. The van der Waals surface area contributed by atoms with Gasteiger partial charge >= 0.3 is 0 Å². The van der Waals surface area contributed by atoms with Gasteiger partial charge in [-0.1, -0.05) is 26.7 Å². The van der Waals surface area contributed by atoms with Crippen LogP contribution in [-0.4, -0.2) is 69.6 Å². The molecule has 0 radical (unpaired) electrons. The van der Waals surface area contributed by atoms with E-state index in [1.807, 2.05) is 0 Å². The van der Waals surface area contributed by atoms with Crippen LogP contribution in [0.5, 0.6) is 0 Å². The zero-order valence-electron chi connectivity index (χ0n) is 15.0. The van der Waals surface area contributed by atoms with Gasteiger partial charge in [0.25, 0.3) is 0 Å². The van der Waals surface area contributed by atoms with E-state index in [9.17, 15) is 13.2 Å². The number of nitrogens with one attached hydrogen (secondary N) is 1. The summed E-state index contributed by atoms with van der Waals surface area (Å²) in [5.74, 6) is 0.282. The van der Waals surface area contributed by atoms with E-state index >= 15 is 0 Å². The molecule has 2 aliphatic rings. The predicted octanol–water partition coefficient (Wildman–Crippen LogP) is 1.06. The summed E-state index contributed by atoms with van der Waals surface area (Å²) in [5, 5.41) is 3.05. The van der Waals surface area contributed by atoms with Crippen molar-refractivity contribution < 1.29 is 17.9 Å². The van der Waals surface area contributed by atoms with Gasteiger partial charge in [0.05, 0.1) is 30.6 Å². The summed E-state index contributed by atoms with van der Waals surface area (Å²) in [6.07, 6.45) is 3.43. The molecule has 1 N–H and O–H groups in total. The zero-order valence-corrected chi connectivity index (χ0v) is 15.8. The highest BCUT2D eigenvalue weighted by molar-refractivity contribution is 7.91. The second-order valence-electron chi connectivity index (χ2n) is 6.99. The molecule has 0 aromatic carbocycles. The maximum Gasteiger partial charge on any atom is 0.224 e. The monoisotopic (exact) mass is 360 g/mol. The normalized spacial score (nSPS) is 26.2. The maximum absolute atomic E-state index is 12.5. The van der Waals surface area contributed by atoms with Gasteiger partial charge in [-0.05, 0) is 18.8 Å². The largest absolute Gasteiger partial charge is 0.379 e. The molecular formula is C17H32N2O4S. The van der Waals surface area contributed by atoms with E-state index in [0.717, 1.165) is 39.1 Å². The third kappa shape index (κ3) is 5.43. The van der Waals surface area contributed by atoms with Crippen molar-refractivity contribution in [2.24, 2.45) is 11.8 Å². The Hall–Kier alpha value is -0.660. The molecule has 7 heteroatoms.